The van der Waals surface area contributed by atoms with Gasteiger partial charge in [-0.05, 0) is 18.2 Å². The number of nitrogens with zero attached hydrogens (tertiary/aromatic N) is 1. The van der Waals surface area contributed by atoms with Crippen LogP contribution in [0.2, 0.25) is 5.02 Å². The zero-order valence-electron chi connectivity index (χ0n) is 10.5. The maximum absolute atomic E-state index is 12.4. The van der Waals surface area contributed by atoms with Crippen molar-refractivity contribution in [1.82, 2.24) is 4.90 Å². The second-order valence-electron chi connectivity index (χ2n) is 4.50. The summed E-state index contributed by atoms with van der Waals surface area (Å²) in [6, 6.07) is 4.98. The Morgan fingerprint density at radius 2 is 2.20 bits per heavy atom. The summed E-state index contributed by atoms with van der Waals surface area (Å²) in [7, 11) is 0. The molecule has 1 heterocycles. The fraction of sp³-hybridized carbons (Fsp3) is 0.385. The van der Waals surface area contributed by atoms with Gasteiger partial charge in [0.05, 0.1) is 19.1 Å². The van der Waals surface area contributed by atoms with Gasteiger partial charge < -0.3 is 14.7 Å². The fourth-order valence-electron chi connectivity index (χ4n) is 2.08. The van der Waals surface area contributed by atoms with Gasteiger partial charge in [0.15, 0.2) is 0 Å². The van der Waals surface area contributed by atoms with Crippen LogP contribution in [-0.2, 0) is 9.53 Å². The normalized spacial score (nSPS) is 18.9. The van der Waals surface area contributed by atoms with Gasteiger partial charge in [-0.1, -0.05) is 27.5 Å². The molecule has 0 aliphatic carbocycles. The quantitative estimate of drug-likeness (QED) is 0.897. The topological polar surface area (TPSA) is 66.8 Å². The van der Waals surface area contributed by atoms with E-state index < -0.39 is 12.1 Å². The zero-order valence-corrected chi connectivity index (χ0v) is 12.9. The molecule has 0 spiro atoms. The minimum absolute atomic E-state index is 0.108. The first-order valence-corrected chi connectivity index (χ1v) is 7.21. The Labute approximate surface area is 129 Å². The lowest BCUT2D eigenvalue weighted by molar-refractivity contribution is -0.141. The third-order valence-corrected chi connectivity index (χ3v) is 3.61. The molecule has 1 saturated heterocycles. The van der Waals surface area contributed by atoms with E-state index in [4.69, 9.17) is 21.4 Å². The molecule has 1 unspecified atom stereocenters. The minimum Gasteiger partial charge on any atom is -0.481 e. The number of ether oxygens (including phenoxy) is 1. The van der Waals surface area contributed by atoms with Gasteiger partial charge >= 0.3 is 5.97 Å². The fourth-order valence-corrected chi connectivity index (χ4v) is 2.94. The number of hydrogen-bond donors (Lipinski definition) is 1. The van der Waals surface area contributed by atoms with Gasteiger partial charge in [-0.2, -0.15) is 0 Å². The smallest absolute Gasteiger partial charge is 0.306 e. The van der Waals surface area contributed by atoms with E-state index in [-0.39, 0.29) is 18.9 Å². The molecule has 1 atom stereocenters. The van der Waals surface area contributed by atoms with Crippen LogP contribution in [0.4, 0.5) is 0 Å². The Hall–Kier alpha value is -1.11. The molecule has 1 aromatic carbocycles. The molecular formula is C13H13BrClNO4. The number of amides is 1. The number of carboxylic acid groups (broad SMARTS) is 1. The second-order valence-corrected chi connectivity index (χ2v) is 5.85. The Morgan fingerprint density at radius 3 is 2.85 bits per heavy atom. The molecule has 1 aromatic rings. The zero-order chi connectivity index (χ0) is 14.7. The van der Waals surface area contributed by atoms with E-state index >= 15 is 0 Å². The molecule has 1 fully saturated rings. The average molecular weight is 363 g/mol. The number of aliphatic carboxylic acids is 1. The Morgan fingerprint density at radius 1 is 1.45 bits per heavy atom. The van der Waals surface area contributed by atoms with Crippen LogP contribution in [0.1, 0.15) is 16.8 Å². The average Bonchev–Trinajstić information content (AvgIpc) is 2.36. The molecule has 5 nitrogen and oxygen atoms in total. The highest BCUT2D eigenvalue weighted by molar-refractivity contribution is 9.10. The molecular weight excluding hydrogens is 350 g/mol. The molecule has 0 saturated carbocycles. The largest absolute Gasteiger partial charge is 0.481 e. The number of carboxylic acids is 1. The molecule has 0 bridgehead atoms. The summed E-state index contributed by atoms with van der Waals surface area (Å²) >= 11 is 9.22. The van der Waals surface area contributed by atoms with Crippen molar-refractivity contribution in [1.29, 1.82) is 0 Å². The summed E-state index contributed by atoms with van der Waals surface area (Å²) in [6.45, 7) is 1.06. The Bertz CT molecular complexity index is 517. The first kappa shape index (κ1) is 15.3. The van der Waals surface area contributed by atoms with E-state index in [1.54, 1.807) is 23.1 Å². The number of carbonyl (C=O) groups excluding carboxylic acids is 1. The third-order valence-electron chi connectivity index (χ3n) is 2.94. The van der Waals surface area contributed by atoms with Gasteiger partial charge in [0, 0.05) is 28.1 Å². The summed E-state index contributed by atoms with van der Waals surface area (Å²) in [5.41, 5.74) is 0.473. The molecule has 20 heavy (non-hydrogen) atoms. The predicted molar refractivity (Wildman–Crippen MR) is 77.0 cm³/mol. The second kappa shape index (κ2) is 6.56. The van der Waals surface area contributed by atoms with Gasteiger partial charge in [-0.25, -0.2) is 0 Å². The van der Waals surface area contributed by atoms with Gasteiger partial charge in [0.25, 0.3) is 5.91 Å². The molecule has 1 aliphatic heterocycles. The SMILES string of the molecule is O=C(O)CC1CN(C(=O)c2cc(Cl)cc(Br)c2)CCO1. The van der Waals surface area contributed by atoms with Crippen molar-refractivity contribution in [3.8, 4) is 0 Å². The number of rotatable bonds is 3. The Kier molecular flexibility index (Phi) is 5.01. The highest BCUT2D eigenvalue weighted by atomic mass is 79.9. The first-order valence-electron chi connectivity index (χ1n) is 6.04. The summed E-state index contributed by atoms with van der Waals surface area (Å²) in [5, 5.41) is 9.24. The maximum Gasteiger partial charge on any atom is 0.306 e. The summed E-state index contributed by atoms with van der Waals surface area (Å²) in [5.74, 6) is -1.11. The van der Waals surface area contributed by atoms with Crippen molar-refractivity contribution >= 4 is 39.4 Å². The van der Waals surface area contributed by atoms with Gasteiger partial charge in [-0.15, -0.1) is 0 Å². The standard InChI is InChI=1S/C13H13BrClNO4/c14-9-3-8(4-10(15)5-9)13(19)16-1-2-20-11(7-16)6-12(17)18/h3-5,11H,1-2,6-7H2,(H,17,18). The minimum atomic E-state index is -0.935. The van der Waals surface area contributed by atoms with Crippen LogP contribution in [0.15, 0.2) is 22.7 Å². The predicted octanol–water partition coefficient (Wildman–Crippen LogP) is 2.42. The molecule has 1 aliphatic rings. The van der Waals surface area contributed by atoms with Crippen molar-refractivity contribution in [2.45, 2.75) is 12.5 Å². The number of benzene rings is 1. The maximum atomic E-state index is 12.4. The van der Waals surface area contributed by atoms with Crippen molar-refractivity contribution in [2.24, 2.45) is 0 Å². The molecule has 0 aromatic heterocycles. The number of morpholine rings is 1. The van der Waals surface area contributed by atoms with Crippen LogP contribution in [0.25, 0.3) is 0 Å². The lowest BCUT2D eigenvalue weighted by Crippen LogP contribution is -2.46. The van der Waals surface area contributed by atoms with E-state index in [0.717, 1.165) is 4.47 Å². The van der Waals surface area contributed by atoms with Crippen LogP contribution in [0, 0.1) is 0 Å². The van der Waals surface area contributed by atoms with Crippen LogP contribution in [-0.4, -0.2) is 47.7 Å². The highest BCUT2D eigenvalue weighted by Gasteiger charge is 2.26. The molecule has 0 radical (unpaired) electrons. The van der Waals surface area contributed by atoms with E-state index in [1.165, 1.54) is 0 Å². The molecule has 108 valence electrons. The summed E-state index contributed by atoms with van der Waals surface area (Å²) < 4.78 is 6.07. The van der Waals surface area contributed by atoms with E-state index in [1.807, 2.05) is 0 Å². The molecule has 1 N–H and O–H groups in total. The summed E-state index contributed by atoms with van der Waals surface area (Å²) in [4.78, 5) is 24.7. The molecule has 1 amide bonds. The van der Waals surface area contributed by atoms with Crippen molar-refractivity contribution in [3.63, 3.8) is 0 Å². The lowest BCUT2D eigenvalue weighted by atomic mass is 10.1. The number of hydrogen-bond acceptors (Lipinski definition) is 3. The van der Waals surface area contributed by atoms with Crippen molar-refractivity contribution < 1.29 is 19.4 Å². The van der Waals surface area contributed by atoms with Crippen LogP contribution in [0.5, 0.6) is 0 Å². The van der Waals surface area contributed by atoms with Crippen LogP contribution < -0.4 is 0 Å². The van der Waals surface area contributed by atoms with Crippen LogP contribution >= 0.6 is 27.5 Å². The molecule has 7 heteroatoms. The van der Waals surface area contributed by atoms with Crippen molar-refractivity contribution in [2.75, 3.05) is 19.7 Å². The monoisotopic (exact) mass is 361 g/mol. The van der Waals surface area contributed by atoms with Gasteiger partial charge in [0.2, 0.25) is 0 Å². The third kappa shape index (κ3) is 3.94. The van der Waals surface area contributed by atoms with Gasteiger partial charge in [0.1, 0.15) is 0 Å². The Balaban J connectivity index is 2.10. The van der Waals surface area contributed by atoms with E-state index in [2.05, 4.69) is 15.9 Å². The highest BCUT2D eigenvalue weighted by Crippen LogP contribution is 2.21. The van der Waals surface area contributed by atoms with Gasteiger partial charge in [-0.3, -0.25) is 9.59 Å². The lowest BCUT2D eigenvalue weighted by Gasteiger charge is -2.32. The molecule has 2 rings (SSSR count). The van der Waals surface area contributed by atoms with Crippen molar-refractivity contribution in [3.05, 3.63) is 33.3 Å². The van der Waals surface area contributed by atoms with E-state index in [0.29, 0.717) is 23.7 Å². The first-order chi connectivity index (χ1) is 9.45. The number of carbonyl (C=O) groups is 2. The summed E-state index contributed by atoms with van der Waals surface area (Å²) in [6.07, 6.45) is -0.573. The van der Waals surface area contributed by atoms with Crippen LogP contribution in [0.3, 0.4) is 0 Å². The van der Waals surface area contributed by atoms with E-state index in [9.17, 15) is 9.59 Å². The number of halogens is 2.